The highest BCUT2D eigenvalue weighted by atomic mass is 35.5. The number of likely N-dealkylation sites (N-methyl/N-ethyl adjacent to an activating group) is 1. The van der Waals surface area contributed by atoms with Crippen LogP contribution >= 0.6 is 11.6 Å². The van der Waals surface area contributed by atoms with Crippen molar-refractivity contribution in [1.82, 2.24) is 5.32 Å². The monoisotopic (exact) mass is 344 g/mol. The minimum absolute atomic E-state index is 0.0955. The maximum atomic E-state index is 11.3. The minimum Gasteiger partial charge on any atom is -0.404 e. The average molecular weight is 345 g/mol. The molecule has 2 rings (SSSR count). The fraction of sp³-hybridized carbons (Fsp3) is 0.111. The number of allylic oxidation sites excluding steroid dienone is 1. The highest BCUT2D eigenvalue weighted by molar-refractivity contribution is 6.30. The second-order valence-corrected chi connectivity index (χ2v) is 5.15. The summed E-state index contributed by atoms with van der Waals surface area (Å²) in [7, 11) is 1.71. The summed E-state index contributed by atoms with van der Waals surface area (Å²) in [4.78, 5) is 11.3. The number of carbonyl (C=O) groups is 1. The number of rotatable bonds is 5. The maximum absolute atomic E-state index is 11.3. The minimum atomic E-state index is -0.0955. The molecule has 0 unspecified atom stereocenters. The normalized spacial score (nSPS) is 10.3. The number of halogens is 1. The maximum Gasteiger partial charge on any atom is 0.238 e. The van der Waals surface area contributed by atoms with Crippen LogP contribution in [0.4, 0.5) is 5.69 Å². The summed E-state index contributed by atoms with van der Waals surface area (Å²) >= 11 is 5.54. The summed E-state index contributed by atoms with van der Waals surface area (Å²) in [6, 6.07) is 16.6. The molecule has 0 bridgehead atoms. The van der Waals surface area contributed by atoms with Crippen LogP contribution < -0.4 is 16.4 Å². The Kier molecular flexibility index (Phi) is 8.89. The van der Waals surface area contributed by atoms with E-state index in [0.29, 0.717) is 5.57 Å². The van der Waals surface area contributed by atoms with E-state index in [1.54, 1.807) is 31.3 Å². The van der Waals surface area contributed by atoms with Gasteiger partial charge in [0, 0.05) is 28.7 Å². The lowest BCUT2D eigenvalue weighted by Crippen LogP contribution is -2.24. The van der Waals surface area contributed by atoms with Crippen LogP contribution in [0.15, 0.2) is 60.8 Å². The predicted octanol–water partition coefficient (Wildman–Crippen LogP) is 3.13. The Labute approximate surface area is 147 Å². The van der Waals surface area contributed by atoms with Crippen molar-refractivity contribution in [3.05, 3.63) is 71.4 Å². The number of hydrogen-bond donors (Lipinski definition) is 4. The van der Waals surface area contributed by atoms with E-state index in [0.717, 1.165) is 16.3 Å². The van der Waals surface area contributed by atoms with Crippen molar-refractivity contribution in [3.63, 3.8) is 0 Å². The predicted molar refractivity (Wildman–Crippen MR) is 101 cm³/mol. The van der Waals surface area contributed by atoms with E-state index in [9.17, 15) is 4.79 Å². The van der Waals surface area contributed by atoms with E-state index in [1.165, 1.54) is 12.4 Å². The first-order valence-electron chi connectivity index (χ1n) is 7.28. The standard InChI is InChI=1S/C12H16N4O.C6H5Cl/c1-15-8-12(17)16-11-4-2-9(3-5-11)10(6-13)7-14;7-6-4-2-1-3-5-6/h2-7,13,15H,8,14H2,1H3,(H,16,17);1-5H/b10-7+,13-6?;. The largest absolute Gasteiger partial charge is 0.404 e. The molecule has 0 aliphatic heterocycles. The topological polar surface area (TPSA) is 91.0 Å². The number of nitrogens with one attached hydrogen (secondary N) is 3. The Bertz CT molecular complexity index is 669. The van der Waals surface area contributed by atoms with Gasteiger partial charge in [-0.2, -0.15) is 0 Å². The third-order valence-corrected chi connectivity index (χ3v) is 3.16. The summed E-state index contributed by atoms with van der Waals surface area (Å²) in [5, 5.41) is 13.5. The van der Waals surface area contributed by atoms with Crippen molar-refractivity contribution in [2.75, 3.05) is 18.9 Å². The first kappa shape index (κ1) is 19.4. The molecule has 1 amide bonds. The molecule has 5 N–H and O–H groups in total. The summed E-state index contributed by atoms with van der Waals surface area (Å²) in [5.41, 5.74) is 7.58. The van der Waals surface area contributed by atoms with E-state index < -0.39 is 0 Å². The van der Waals surface area contributed by atoms with E-state index in [1.807, 2.05) is 30.3 Å². The summed E-state index contributed by atoms with van der Waals surface area (Å²) < 4.78 is 0. The molecule has 6 heteroatoms. The van der Waals surface area contributed by atoms with Crippen molar-refractivity contribution in [2.45, 2.75) is 0 Å². The van der Waals surface area contributed by atoms with Gasteiger partial charge in [0.2, 0.25) is 5.91 Å². The first-order chi connectivity index (χ1) is 11.6. The SMILES string of the molecule is CNCC(=O)Nc1ccc(/C(C=N)=C/N)cc1.Clc1ccccc1. The van der Waals surface area contributed by atoms with E-state index in [4.69, 9.17) is 22.7 Å². The van der Waals surface area contributed by atoms with Gasteiger partial charge in [-0.3, -0.25) is 4.79 Å². The van der Waals surface area contributed by atoms with E-state index in [-0.39, 0.29) is 12.5 Å². The van der Waals surface area contributed by atoms with Gasteiger partial charge in [-0.25, -0.2) is 0 Å². The smallest absolute Gasteiger partial charge is 0.238 e. The molecule has 2 aromatic carbocycles. The quantitative estimate of drug-likeness (QED) is 0.628. The van der Waals surface area contributed by atoms with E-state index >= 15 is 0 Å². The Hall–Kier alpha value is -2.63. The fourth-order valence-electron chi connectivity index (χ4n) is 1.75. The molecule has 24 heavy (non-hydrogen) atoms. The van der Waals surface area contributed by atoms with Crippen LogP contribution in [0.3, 0.4) is 0 Å². The molecule has 0 heterocycles. The molecular weight excluding hydrogens is 324 g/mol. The van der Waals surface area contributed by atoms with Crippen molar-refractivity contribution in [3.8, 4) is 0 Å². The van der Waals surface area contributed by atoms with Crippen molar-refractivity contribution < 1.29 is 4.79 Å². The molecule has 0 fully saturated rings. The average Bonchev–Trinajstić information content (AvgIpc) is 2.59. The number of amides is 1. The zero-order valence-electron chi connectivity index (χ0n) is 13.4. The third-order valence-electron chi connectivity index (χ3n) is 2.91. The van der Waals surface area contributed by atoms with Crippen molar-refractivity contribution in [2.24, 2.45) is 5.73 Å². The fourth-order valence-corrected chi connectivity index (χ4v) is 1.90. The molecule has 0 saturated carbocycles. The van der Waals surface area contributed by atoms with Gasteiger partial charge in [0.1, 0.15) is 0 Å². The molecule has 126 valence electrons. The molecule has 0 saturated heterocycles. The molecule has 0 atom stereocenters. The zero-order chi connectivity index (χ0) is 17.8. The highest BCUT2D eigenvalue weighted by Crippen LogP contribution is 2.15. The van der Waals surface area contributed by atoms with Gasteiger partial charge in [-0.05, 0) is 36.9 Å². The number of carbonyl (C=O) groups excluding carboxylic acids is 1. The van der Waals surface area contributed by atoms with Crippen LogP contribution in [-0.2, 0) is 4.79 Å². The molecular formula is C18H21ClN4O. The molecule has 2 aromatic rings. The number of hydrogen-bond acceptors (Lipinski definition) is 4. The lowest BCUT2D eigenvalue weighted by atomic mass is 10.1. The molecule has 5 nitrogen and oxygen atoms in total. The third kappa shape index (κ3) is 7.09. The van der Waals surface area contributed by atoms with Crippen molar-refractivity contribution >= 4 is 35.0 Å². The zero-order valence-corrected chi connectivity index (χ0v) is 14.2. The van der Waals surface area contributed by atoms with Crippen LogP contribution in [0.2, 0.25) is 5.02 Å². The molecule has 0 aromatic heterocycles. The second kappa shape index (κ2) is 11.0. The van der Waals surface area contributed by atoms with Gasteiger partial charge in [-0.15, -0.1) is 0 Å². The van der Waals surface area contributed by atoms with Crippen LogP contribution in [0, 0.1) is 5.41 Å². The Morgan fingerprint density at radius 3 is 2.21 bits per heavy atom. The Morgan fingerprint density at radius 1 is 1.17 bits per heavy atom. The van der Waals surface area contributed by atoms with Crippen LogP contribution in [0.25, 0.3) is 5.57 Å². The Balaban J connectivity index is 0.000000341. The number of benzene rings is 2. The lowest BCUT2D eigenvalue weighted by molar-refractivity contribution is -0.115. The summed E-state index contributed by atoms with van der Waals surface area (Å²) in [6.45, 7) is 0.274. The van der Waals surface area contributed by atoms with E-state index in [2.05, 4.69) is 10.6 Å². The van der Waals surface area contributed by atoms with Gasteiger partial charge in [0.05, 0.1) is 6.54 Å². The van der Waals surface area contributed by atoms with Gasteiger partial charge in [0.15, 0.2) is 0 Å². The lowest BCUT2D eigenvalue weighted by Gasteiger charge is -2.06. The van der Waals surface area contributed by atoms with Gasteiger partial charge < -0.3 is 21.8 Å². The van der Waals surface area contributed by atoms with Gasteiger partial charge >= 0.3 is 0 Å². The summed E-state index contributed by atoms with van der Waals surface area (Å²) in [5.74, 6) is -0.0955. The van der Waals surface area contributed by atoms with Crippen LogP contribution in [0.1, 0.15) is 5.56 Å². The first-order valence-corrected chi connectivity index (χ1v) is 7.66. The Morgan fingerprint density at radius 2 is 1.79 bits per heavy atom. The molecule has 0 radical (unpaired) electrons. The number of anilines is 1. The highest BCUT2D eigenvalue weighted by Gasteiger charge is 2.01. The number of nitrogens with two attached hydrogens (primary N) is 1. The van der Waals surface area contributed by atoms with Crippen LogP contribution in [0.5, 0.6) is 0 Å². The van der Waals surface area contributed by atoms with Crippen LogP contribution in [-0.4, -0.2) is 25.7 Å². The summed E-state index contributed by atoms with van der Waals surface area (Å²) in [6.07, 6.45) is 2.57. The molecule has 0 spiro atoms. The molecule has 0 aliphatic rings. The van der Waals surface area contributed by atoms with Crippen molar-refractivity contribution in [1.29, 1.82) is 5.41 Å². The molecule has 0 aliphatic carbocycles. The second-order valence-electron chi connectivity index (χ2n) is 4.72. The van der Waals surface area contributed by atoms with Gasteiger partial charge in [-0.1, -0.05) is 41.9 Å². The van der Waals surface area contributed by atoms with Gasteiger partial charge in [0.25, 0.3) is 0 Å².